The highest BCUT2D eigenvalue weighted by Gasteiger charge is 2.23. The van der Waals surface area contributed by atoms with Gasteiger partial charge in [-0.3, -0.25) is 4.79 Å². The lowest BCUT2D eigenvalue weighted by atomic mass is 10.0. The first kappa shape index (κ1) is 21.1. The second kappa shape index (κ2) is 8.82. The first-order chi connectivity index (χ1) is 13.3. The summed E-state index contributed by atoms with van der Waals surface area (Å²) < 4.78 is 31.3. The molecule has 3 aromatic carbocycles. The Bertz CT molecular complexity index is 1130. The number of benzene rings is 3. The summed E-state index contributed by atoms with van der Waals surface area (Å²) >= 11 is 14.3. The van der Waals surface area contributed by atoms with Gasteiger partial charge in [0.1, 0.15) is 4.90 Å². The second-order valence-electron chi connectivity index (χ2n) is 5.81. The number of rotatable bonds is 6. The fourth-order valence-electron chi connectivity index (χ4n) is 2.54. The van der Waals surface area contributed by atoms with Gasteiger partial charge in [-0.05, 0) is 52.9 Å². The number of hydrogen-bond donors (Lipinski definition) is 0. The van der Waals surface area contributed by atoms with Crippen molar-refractivity contribution in [2.24, 2.45) is 0 Å². The van der Waals surface area contributed by atoms with Crippen LogP contribution in [0.3, 0.4) is 0 Å². The van der Waals surface area contributed by atoms with E-state index in [0.717, 1.165) is 3.57 Å². The van der Waals surface area contributed by atoms with Crippen molar-refractivity contribution in [2.45, 2.75) is 11.3 Å². The molecule has 28 heavy (non-hydrogen) atoms. The van der Waals surface area contributed by atoms with E-state index in [2.05, 4.69) is 22.6 Å². The fraction of sp³-hybridized carbons (Fsp3) is 0.0500. The van der Waals surface area contributed by atoms with Crippen molar-refractivity contribution in [3.05, 3.63) is 91.5 Å². The quantitative estimate of drug-likeness (QED) is 0.223. The Kier molecular flexibility index (Phi) is 6.65. The Morgan fingerprint density at radius 1 is 0.964 bits per heavy atom. The Labute approximate surface area is 186 Å². The molecule has 0 aliphatic carbocycles. The van der Waals surface area contributed by atoms with Gasteiger partial charge in [0.15, 0.2) is 11.5 Å². The molecule has 8 heteroatoms. The van der Waals surface area contributed by atoms with E-state index >= 15 is 0 Å². The molecule has 0 spiro atoms. The van der Waals surface area contributed by atoms with E-state index in [0.29, 0.717) is 11.1 Å². The SMILES string of the molecule is O=C(Cc1cc(Cl)cc(Cl)c1OS(=O)(=O)c1ccccc1)c1ccccc1I. The van der Waals surface area contributed by atoms with Crippen molar-refractivity contribution in [2.75, 3.05) is 0 Å². The molecule has 0 heterocycles. The third-order valence-corrected chi connectivity index (χ3v) is 6.51. The number of Topliss-reactive ketones (excluding diaryl/α,β-unsaturated/α-hetero) is 1. The minimum atomic E-state index is -4.12. The van der Waals surface area contributed by atoms with Crippen molar-refractivity contribution >= 4 is 61.7 Å². The predicted molar refractivity (Wildman–Crippen MR) is 118 cm³/mol. The summed E-state index contributed by atoms with van der Waals surface area (Å²) in [5.41, 5.74) is 0.817. The molecule has 144 valence electrons. The highest BCUT2D eigenvalue weighted by atomic mass is 127. The van der Waals surface area contributed by atoms with Crippen LogP contribution in [0.2, 0.25) is 10.0 Å². The monoisotopic (exact) mass is 546 g/mol. The standard InChI is InChI=1S/C20H13Cl2IO4S/c21-14-10-13(11-19(24)16-8-4-5-9-18(16)23)20(17(22)12-14)27-28(25,26)15-6-2-1-3-7-15/h1-10,12H,11H2. The van der Waals surface area contributed by atoms with Crippen LogP contribution in [0, 0.1) is 3.57 Å². The van der Waals surface area contributed by atoms with Gasteiger partial charge < -0.3 is 4.18 Å². The van der Waals surface area contributed by atoms with E-state index < -0.39 is 10.1 Å². The van der Waals surface area contributed by atoms with E-state index in [-0.39, 0.29) is 32.9 Å². The largest absolute Gasteiger partial charge is 0.377 e. The van der Waals surface area contributed by atoms with Crippen LogP contribution in [0.4, 0.5) is 0 Å². The van der Waals surface area contributed by atoms with Crippen molar-refractivity contribution in [1.82, 2.24) is 0 Å². The smallest absolute Gasteiger partial charge is 0.339 e. The highest BCUT2D eigenvalue weighted by Crippen LogP contribution is 2.35. The van der Waals surface area contributed by atoms with E-state index in [1.165, 1.54) is 24.3 Å². The Morgan fingerprint density at radius 3 is 2.29 bits per heavy atom. The number of carbonyl (C=O) groups is 1. The van der Waals surface area contributed by atoms with Gasteiger partial charge in [0.25, 0.3) is 0 Å². The zero-order valence-electron chi connectivity index (χ0n) is 14.2. The molecule has 0 saturated heterocycles. The number of carbonyl (C=O) groups excluding carboxylic acids is 1. The maximum atomic E-state index is 12.7. The molecule has 0 fully saturated rings. The number of halogens is 3. The van der Waals surface area contributed by atoms with E-state index in [1.54, 1.807) is 30.3 Å². The van der Waals surface area contributed by atoms with Gasteiger partial charge in [0.05, 0.1) is 5.02 Å². The Balaban J connectivity index is 1.99. The van der Waals surface area contributed by atoms with E-state index in [1.807, 2.05) is 12.1 Å². The number of hydrogen-bond acceptors (Lipinski definition) is 4. The summed E-state index contributed by atoms with van der Waals surface area (Å²) in [7, 11) is -4.12. The average molecular weight is 547 g/mol. The van der Waals surface area contributed by atoms with Crippen molar-refractivity contribution in [3.63, 3.8) is 0 Å². The van der Waals surface area contributed by atoms with Gasteiger partial charge in [-0.2, -0.15) is 8.42 Å². The van der Waals surface area contributed by atoms with E-state index in [9.17, 15) is 13.2 Å². The third-order valence-electron chi connectivity index (χ3n) is 3.84. The maximum Gasteiger partial charge on any atom is 0.339 e. The number of ketones is 1. The summed E-state index contributed by atoms with van der Waals surface area (Å²) in [6, 6.07) is 17.7. The first-order valence-corrected chi connectivity index (χ1v) is 11.3. The van der Waals surface area contributed by atoms with Crippen molar-refractivity contribution < 1.29 is 17.4 Å². The van der Waals surface area contributed by atoms with Crippen LogP contribution in [0.5, 0.6) is 5.75 Å². The Hall–Kier alpha value is -1.61. The van der Waals surface area contributed by atoms with Crippen molar-refractivity contribution in [3.8, 4) is 5.75 Å². The predicted octanol–water partition coefficient (Wildman–Crippen LogP) is 5.79. The van der Waals surface area contributed by atoms with Gasteiger partial charge >= 0.3 is 10.1 Å². The lowest BCUT2D eigenvalue weighted by Crippen LogP contribution is -2.13. The summed E-state index contributed by atoms with van der Waals surface area (Å²) in [5, 5.41) is 0.289. The van der Waals surface area contributed by atoms with Gasteiger partial charge in [-0.25, -0.2) is 0 Å². The molecule has 0 N–H and O–H groups in total. The van der Waals surface area contributed by atoms with Crippen LogP contribution in [0.1, 0.15) is 15.9 Å². The van der Waals surface area contributed by atoms with Crippen LogP contribution >= 0.6 is 45.8 Å². The molecule has 0 amide bonds. The zero-order chi connectivity index (χ0) is 20.3. The molecule has 0 saturated carbocycles. The topological polar surface area (TPSA) is 60.4 Å². The van der Waals surface area contributed by atoms with Crippen LogP contribution in [-0.4, -0.2) is 14.2 Å². The second-order valence-corrected chi connectivity index (χ2v) is 9.36. The van der Waals surface area contributed by atoms with Gasteiger partial charge in [0.2, 0.25) is 0 Å². The zero-order valence-corrected chi connectivity index (χ0v) is 18.7. The normalized spacial score (nSPS) is 11.2. The third kappa shape index (κ3) is 4.86. The molecule has 0 bridgehead atoms. The van der Waals surface area contributed by atoms with Crippen LogP contribution in [-0.2, 0) is 16.5 Å². The van der Waals surface area contributed by atoms with E-state index in [4.69, 9.17) is 27.4 Å². The minimum Gasteiger partial charge on any atom is -0.377 e. The molecule has 0 aliphatic heterocycles. The van der Waals surface area contributed by atoms with Gasteiger partial charge in [-0.15, -0.1) is 0 Å². The molecular formula is C20H13Cl2IO4S. The van der Waals surface area contributed by atoms with Crippen LogP contribution in [0.25, 0.3) is 0 Å². The van der Waals surface area contributed by atoms with Crippen molar-refractivity contribution in [1.29, 1.82) is 0 Å². The molecule has 0 aromatic heterocycles. The molecule has 3 rings (SSSR count). The summed E-state index contributed by atoms with van der Waals surface area (Å²) in [4.78, 5) is 12.7. The lowest BCUT2D eigenvalue weighted by Gasteiger charge is -2.14. The lowest BCUT2D eigenvalue weighted by molar-refractivity contribution is 0.0991. The summed E-state index contributed by atoms with van der Waals surface area (Å²) in [6.07, 6.45) is -0.111. The highest BCUT2D eigenvalue weighted by molar-refractivity contribution is 14.1. The Morgan fingerprint density at radius 2 is 1.61 bits per heavy atom. The fourth-order valence-corrected chi connectivity index (χ4v) is 4.85. The molecular weight excluding hydrogens is 534 g/mol. The minimum absolute atomic E-state index is 0.0116. The molecule has 0 radical (unpaired) electrons. The molecule has 3 aromatic rings. The van der Waals surface area contributed by atoms with Crippen LogP contribution in [0.15, 0.2) is 71.6 Å². The van der Waals surface area contributed by atoms with Gasteiger partial charge in [-0.1, -0.05) is 59.6 Å². The molecule has 0 atom stereocenters. The molecule has 0 unspecified atom stereocenters. The summed E-state index contributed by atoms with van der Waals surface area (Å²) in [5.74, 6) is -0.306. The summed E-state index contributed by atoms with van der Waals surface area (Å²) in [6.45, 7) is 0. The van der Waals surface area contributed by atoms with Gasteiger partial charge in [0, 0.05) is 26.1 Å². The molecule has 0 aliphatic rings. The van der Waals surface area contributed by atoms with Crippen LogP contribution < -0.4 is 4.18 Å². The average Bonchev–Trinajstić information content (AvgIpc) is 2.65. The maximum absolute atomic E-state index is 12.7. The first-order valence-electron chi connectivity index (χ1n) is 8.03. The molecule has 4 nitrogen and oxygen atoms in total.